The molecule has 21 heavy (non-hydrogen) atoms. The van der Waals surface area contributed by atoms with Crippen LogP contribution in [-0.4, -0.2) is 14.3 Å². The Morgan fingerprint density at radius 1 is 1.00 bits per heavy atom. The number of carbonyl (C=O) groups excluding carboxylic acids is 1. The van der Waals surface area contributed by atoms with Crippen molar-refractivity contribution in [2.24, 2.45) is 5.73 Å². The minimum absolute atomic E-state index is 0.144. The number of amides is 1. The van der Waals surface area contributed by atoms with Gasteiger partial charge in [-0.3, -0.25) is 9.52 Å². The molecule has 8 heteroatoms. The van der Waals surface area contributed by atoms with E-state index in [4.69, 9.17) is 5.73 Å². The number of hydrogen-bond donors (Lipinski definition) is 2. The molecule has 2 aromatic rings. The molecule has 1 amide bonds. The van der Waals surface area contributed by atoms with Crippen LogP contribution in [0.1, 0.15) is 10.4 Å². The second kappa shape index (κ2) is 5.49. The Labute approximate surface area is 119 Å². The molecule has 0 bridgehead atoms. The third-order valence-corrected chi connectivity index (χ3v) is 3.96. The van der Waals surface area contributed by atoms with Crippen molar-refractivity contribution in [3.05, 3.63) is 59.7 Å². The third-order valence-electron chi connectivity index (χ3n) is 2.56. The number of nitrogens with two attached hydrogens (primary N) is 1. The normalized spacial score (nSPS) is 11.1. The Bertz CT molecular complexity index is 769. The number of halogens is 2. The number of primary amides is 1. The first-order valence-electron chi connectivity index (χ1n) is 5.67. The van der Waals surface area contributed by atoms with Crippen LogP contribution in [0.5, 0.6) is 0 Å². The standard InChI is InChI=1S/C13H10F2N2O3S/c14-9-5-10(15)7-11(6-9)17-21(19,20)12-3-1-8(2-4-12)13(16)18/h1-7,17H,(H2,16,18). The highest BCUT2D eigenvalue weighted by Crippen LogP contribution is 2.18. The van der Waals surface area contributed by atoms with Gasteiger partial charge in [0.25, 0.3) is 10.0 Å². The highest BCUT2D eigenvalue weighted by molar-refractivity contribution is 7.92. The second-order valence-corrected chi connectivity index (χ2v) is 5.83. The molecular weight excluding hydrogens is 302 g/mol. The maximum Gasteiger partial charge on any atom is 0.261 e. The molecule has 0 aliphatic heterocycles. The first kappa shape index (κ1) is 14.9. The molecule has 0 spiro atoms. The lowest BCUT2D eigenvalue weighted by molar-refractivity contribution is 0.1000. The number of sulfonamides is 1. The van der Waals surface area contributed by atoms with Crippen molar-refractivity contribution in [2.45, 2.75) is 4.90 Å². The summed E-state index contributed by atoms with van der Waals surface area (Å²) in [5.41, 5.74) is 4.94. The smallest absolute Gasteiger partial charge is 0.261 e. The van der Waals surface area contributed by atoms with E-state index < -0.39 is 27.6 Å². The Morgan fingerprint density at radius 2 is 1.52 bits per heavy atom. The predicted molar refractivity (Wildman–Crippen MR) is 72.1 cm³/mol. The Balaban J connectivity index is 2.31. The minimum Gasteiger partial charge on any atom is -0.366 e. The fourth-order valence-corrected chi connectivity index (χ4v) is 2.67. The number of anilines is 1. The summed E-state index contributed by atoms with van der Waals surface area (Å²) < 4.78 is 52.1. The van der Waals surface area contributed by atoms with Crippen LogP contribution in [0.3, 0.4) is 0 Å². The number of benzene rings is 2. The average molecular weight is 312 g/mol. The lowest BCUT2D eigenvalue weighted by Crippen LogP contribution is -2.14. The van der Waals surface area contributed by atoms with Crippen LogP contribution in [-0.2, 0) is 10.0 Å². The monoisotopic (exact) mass is 312 g/mol. The molecule has 0 radical (unpaired) electrons. The zero-order chi connectivity index (χ0) is 15.6. The summed E-state index contributed by atoms with van der Waals surface area (Å²) in [5.74, 6) is -2.51. The highest BCUT2D eigenvalue weighted by atomic mass is 32.2. The van der Waals surface area contributed by atoms with Crippen molar-refractivity contribution in [3.63, 3.8) is 0 Å². The van der Waals surface area contributed by atoms with E-state index in [1.807, 2.05) is 4.72 Å². The largest absolute Gasteiger partial charge is 0.366 e. The van der Waals surface area contributed by atoms with Crippen LogP contribution >= 0.6 is 0 Å². The number of hydrogen-bond acceptors (Lipinski definition) is 3. The van der Waals surface area contributed by atoms with Crippen molar-refractivity contribution in [3.8, 4) is 0 Å². The maximum atomic E-state index is 13.0. The molecule has 0 saturated carbocycles. The molecule has 0 unspecified atom stereocenters. The van der Waals surface area contributed by atoms with E-state index in [1.54, 1.807) is 0 Å². The van der Waals surface area contributed by atoms with Crippen molar-refractivity contribution in [1.82, 2.24) is 0 Å². The van der Waals surface area contributed by atoms with Crippen molar-refractivity contribution >= 4 is 21.6 Å². The zero-order valence-corrected chi connectivity index (χ0v) is 11.3. The summed E-state index contributed by atoms with van der Waals surface area (Å²) in [6.07, 6.45) is 0. The van der Waals surface area contributed by atoms with Crippen LogP contribution in [0.25, 0.3) is 0 Å². The van der Waals surface area contributed by atoms with Crippen LogP contribution in [0.15, 0.2) is 47.4 Å². The van der Waals surface area contributed by atoms with Crippen LogP contribution in [0, 0.1) is 11.6 Å². The molecule has 0 saturated heterocycles. The Morgan fingerprint density at radius 3 is 2.00 bits per heavy atom. The van der Waals surface area contributed by atoms with Gasteiger partial charge in [0.15, 0.2) is 0 Å². The zero-order valence-electron chi connectivity index (χ0n) is 10.5. The third kappa shape index (κ3) is 3.54. The van der Waals surface area contributed by atoms with Crippen LogP contribution in [0.2, 0.25) is 0 Å². The summed E-state index contributed by atoms with van der Waals surface area (Å²) in [7, 11) is -4.02. The summed E-state index contributed by atoms with van der Waals surface area (Å²) in [5, 5.41) is 0. The second-order valence-electron chi connectivity index (χ2n) is 4.15. The van der Waals surface area contributed by atoms with Crippen molar-refractivity contribution in [2.75, 3.05) is 4.72 Å². The van der Waals surface area contributed by atoms with E-state index in [0.29, 0.717) is 6.07 Å². The quantitative estimate of drug-likeness (QED) is 0.903. The van der Waals surface area contributed by atoms with Gasteiger partial charge in [0.05, 0.1) is 10.6 Å². The summed E-state index contributed by atoms with van der Waals surface area (Å²) >= 11 is 0. The minimum atomic E-state index is -4.02. The van der Waals surface area contributed by atoms with Gasteiger partial charge in [0, 0.05) is 11.6 Å². The van der Waals surface area contributed by atoms with Crippen LogP contribution < -0.4 is 10.5 Å². The molecule has 110 valence electrons. The van der Waals surface area contributed by atoms with E-state index in [2.05, 4.69) is 0 Å². The first-order valence-corrected chi connectivity index (χ1v) is 7.15. The lowest BCUT2D eigenvalue weighted by Gasteiger charge is -2.08. The number of rotatable bonds is 4. The van der Waals surface area contributed by atoms with Gasteiger partial charge in [-0.05, 0) is 36.4 Å². The van der Waals surface area contributed by atoms with Gasteiger partial charge in [-0.15, -0.1) is 0 Å². The summed E-state index contributed by atoms with van der Waals surface area (Å²) in [4.78, 5) is 10.7. The SMILES string of the molecule is NC(=O)c1ccc(S(=O)(=O)Nc2cc(F)cc(F)c2)cc1. The van der Waals surface area contributed by atoms with E-state index in [0.717, 1.165) is 24.3 Å². The highest BCUT2D eigenvalue weighted by Gasteiger charge is 2.15. The van der Waals surface area contributed by atoms with Gasteiger partial charge in [-0.25, -0.2) is 17.2 Å². The molecule has 5 nitrogen and oxygen atoms in total. The van der Waals surface area contributed by atoms with Crippen molar-refractivity contribution in [1.29, 1.82) is 0 Å². The van der Waals surface area contributed by atoms with Crippen molar-refractivity contribution < 1.29 is 22.0 Å². The van der Waals surface area contributed by atoms with Crippen LogP contribution in [0.4, 0.5) is 14.5 Å². The molecule has 0 aliphatic rings. The number of nitrogens with one attached hydrogen (secondary N) is 1. The Hall–Kier alpha value is -2.48. The molecular formula is C13H10F2N2O3S. The maximum absolute atomic E-state index is 13.0. The first-order chi connectivity index (χ1) is 9.78. The van der Waals surface area contributed by atoms with Gasteiger partial charge >= 0.3 is 0 Å². The molecule has 0 heterocycles. The fraction of sp³-hybridized carbons (Fsp3) is 0. The molecule has 2 rings (SSSR count). The molecule has 0 aliphatic carbocycles. The van der Waals surface area contributed by atoms with Gasteiger partial charge < -0.3 is 5.73 Å². The van der Waals surface area contributed by atoms with Gasteiger partial charge in [-0.1, -0.05) is 0 Å². The molecule has 0 atom stereocenters. The lowest BCUT2D eigenvalue weighted by atomic mass is 10.2. The topological polar surface area (TPSA) is 89.3 Å². The van der Waals surface area contributed by atoms with E-state index in [-0.39, 0.29) is 16.1 Å². The molecule has 0 fully saturated rings. The molecule has 3 N–H and O–H groups in total. The van der Waals surface area contributed by atoms with E-state index in [1.165, 1.54) is 12.1 Å². The predicted octanol–water partition coefficient (Wildman–Crippen LogP) is 1.86. The summed E-state index contributed by atoms with van der Waals surface area (Å²) in [6.45, 7) is 0. The van der Waals surface area contributed by atoms with Gasteiger partial charge in [0.1, 0.15) is 11.6 Å². The number of carbonyl (C=O) groups is 1. The van der Waals surface area contributed by atoms with E-state index in [9.17, 15) is 22.0 Å². The summed E-state index contributed by atoms with van der Waals surface area (Å²) in [6, 6.07) is 7.12. The molecule has 0 aromatic heterocycles. The molecule has 2 aromatic carbocycles. The van der Waals surface area contributed by atoms with Gasteiger partial charge in [0.2, 0.25) is 5.91 Å². The average Bonchev–Trinajstić information content (AvgIpc) is 2.37. The van der Waals surface area contributed by atoms with E-state index >= 15 is 0 Å². The Kier molecular flexibility index (Phi) is 3.90. The fourth-order valence-electron chi connectivity index (χ4n) is 1.63. The van der Waals surface area contributed by atoms with Gasteiger partial charge in [-0.2, -0.15) is 0 Å².